The lowest BCUT2D eigenvalue weighted by molar-refractivity contribution is 0.0787. The van der Waals surface area contributed by atoms with Gasteiger partial charge in [-0.05, 0) is 65.1 Å². The van der Waals surface area contributed by atoms with E-state index in [1.54, 1.807) is 0 Å². The first-order chi connectivity index (χ1) is 7.58. The number of nitrogens with zero attached hydrogens (tertiary/aromatic N) is 1. The minimum absolute atomic E-state index is 0.135. The third-order valence-corrected chi connectivity index (χ3v) is 3.94. The maximum absolute atomic E-state index is 12.0. The van der Waals surface area contributed by atoms with Crippen LogP contribution in [0.5, 0.6) is 0 Å². The van der Waals surface area contributed by atoms with Gasteiger partial charge in [0.05, 0.1) is 0 Å². The molecule has 1 aliphatic rings. The first-order valence-electron chi connectivity index (χ1n) is 5.59. The summed E-state index contributed by atoms with van der Waals surface area (Å²) in [6.45, 7) is 3.14. The van der Waals surface area contributed by atoms with Gasteiger partial charge in [-0.25, -0.2) is 0 Å². The first kappa shape index (κ1) is 11.9. The van der Waals surface area contributed by atoms with Crippen molar-refractivity contribution >= 4 is 28.5 Å². The fraction of sp³-hybridized carbons (Fsp3) is 0.462. The standard InChI is InChI=1S/C13H16INO/c1-9-7-11(9)8-15(2)13(16)10-3-5-12(14)6-4-10/h3-6,9,11H,7-8H2,1-2H3. The minimum Gasteiger partial charge on any atom is -0.341 e. The molecule has 0 spiro atoms. The van der Waals surface area contributed by atoms with Crippen molar-refractivity contribution in [2.24, 2.45) is 11.8 Å². The molecule has 2 rings (SSSR count). The molecule has 0 aliphatic heterocycles. The Hall–Kier alpha value is -0.580. The van der Waals surface area contributed by atoms with Crippen molar-refractivity contribution in [1.82, 2.24) is 4.90 Å². The highest BCUT2D eigenvalue weighted by atomic mass is 127. The molecule has 2 atom stereocenters. The summed E-state index contributed by atoms with van der Waals surface area (Å²) in [4.78, 5) is 13.9. The van der Waals surface area contributed by atoms with Gasteiger partial charge < -0.3 is 4.90 Å². The largest absolute Gasteiger partial charge is 0.341 e. The highest BCUT2D eigenvalue weighted by Crippen LogP contribution is 2.38. The Morgan fingerprint density at radius 1 is 1.44 bits per heavy atom. The average molecular weight is 329 g/mol. The topological polar surface area (TPSA) is 20.3 Å². The second-order valence-electron chi connectivity index (χ2n) is 4.67. The van der Waals surface area contributed by atoms with Gasteiger partial charge in [0, 0.05) is 22.7 Å². The molecule has 1 saturated carbocycles. The minimum atomic E-state index is 0.135. The van der Waals surface area contributed by atoms with E-state index >= 15 is 0 Å². The smallest absolute Gasteiger partial charge is 0.253 e. The molecule has 3 heteroatoms. The highest BCUT2D eigenvalue weighted by molar-refractivity contribution is 14.1. The Morgan fingerprint density at radius 2 is 2.00 bits per heavy atom. The Balaban J connectivity index is 1.98. The lowest BCUT2D eigenvalue weighted by Gasteiger charge is -2.17. The summed E-state index contributed by atoms with van der Waals surface area (Å²) < 4.78 is 1.16. The van der Waals surface area contributed by atoms with Crippen molar-refractivity contribution in [1.29, 1.82) is 0 Å². The Kier molecular flexibility index (Phi) is 3.52. The molecule has 16 heavy (non-hydrogen) atoms. The molecule has 0 saturated heterocycles. The zero-order valence-corrected chi connectivity index (χ0v) is 11.8. The van der Waals surface area contributed by atoms with Crippen molar-refractivity contribution < 1.29 is 4.79 Å². The molecule has 86 valence electrons. The third kappa shape index (κ3) is 2.75. The highest BCUT2D eigenvalue weighted by Gasteiger charge is 2.34. The van der Waals surface area contributed by atoms with E-state index in [9.17, 15) is 4.79 Å². The number of carbonyl (C=O) groups is 1. The van der Waals surface area contributed by atoms with E-state index in [1.165, 1.54) is 6.42 Å². The molecule has 1 fully saturated rings. The van der Waals surface area contributed by atoms with Gasteiger partial charge in [-0.1, -0.05) is 6.92 Å². The van der Waals surface area contributed by atoms with Crippen LogP contribution < -0.4 is 0 Å². The van der Waals surface area contributed by atoms with E-state index in [2.05, 4.69) is 29.5 Å². The number of amides is 1. The number of hydrogen-bond donors (Lipinski definition) is 0. The van der Waals surface area contributed by atoms with Gasteiger partial charge in [0.1, 0.15) is 0 Å². The van der Waals surface area contributed by atoms with Crippen LogP contribution in [-0.2, 0) is 0 Å². The lowest BCUT2D eigenvalue weighted by Crippen LogP contribution is -2.29. The predicted molar refractivity (Wildman–Crippen MR) is 73.4 cm³/mol. The number of carbonyl (C=O) groups excluding carboxylic acids is 1. The zero-order chi connectivity index (χ0) is 11.7. The van der Waals surface area contributed by atoms with Crippen LogP contribution in [0, 0.1) is 15.4 Å². The van der Waals surface area contributed by atoms with Gasteiger partial charge in [0.25, 0.3) is 5.91 Å². The second kappa shape index (κ2) is 4.73. The van der Waals surface area contributed by atoms with Crippen molar-refractivity contribution in [2.75, 3.05) is 13.6 Å². The van der Waals surface area contributed by atoms with Gasteiger partial charge in [-0.2, -0.15) is 0 Å². The number of benzene rings is 1. The zero-order valence-electron chi connectivity index (χ0n) is 9.61. The lowest BCUT2D eigenvalue weighted by atomic mass is 10.2. The summed E-state index contributed by atoms with van der Waals surface area (Å²) in [5, 5.41) is 0. The van der Waals surface area contributed by atoms with Crippen LogP contribution in [0.1, 0.15) is 23.7 Å². The normalized spacial score (nSPS) is 22.9. The molecule has 0 N–H and O–H groups in total. The number of hydrogen-bond acceptors (Lipinski definition) is 1. The predicted octanol–water partition coefficient (Wildman–Crippen LogP) is 3.02. The van der Waals surface area contributed by atoms with Crippen LogP contribution in [0.2, 0.25) is 0 Å². The van der Waals surface area contributed by atoms with E-state index in [0.717, 1.165) is 27.5 Å². The van der Waals surface area contributed by atoms with Crippen LogP contribution in [0.4, 0.5) is 0 Å². The molecular formula is C13H16INO. The molecule has 1 aromatic rings. The Labute approximate surface area is 110 Å². The molecule has 0 radical (unpaired) electrons. The summed E-state index contributed by atoms with van der Waals surface area (Å²) in [5.41, 5.74) is 0.788. The van der Waals surface area contributed by atoms with Gasteiger partial charge in [-0.3, -0.25) is 4.79 Å². The molecule has 2 nitrogen and oxygen atoms in total. The van der Waals surface area contributed by atoms with E-state index in [1.807, 2.05) is 36.2 Å². The summed E-state index contributed by atoms with van der Waals surface area (Å²) in [6, 6.07) is 7.75. The summed E-state index contributed by atoms with van der Waals surface area (Å²) in [5.74, 6) is 1.65. The van der Waals surface area contributed by atoms with E-state index in [4.69, 9.17) is 0 Å². The van der Waals surface area contributed by atoms with Crippen LogP contribution in [-0.4, -0.2) is 24.4 Å². The van der Waals surface area contributed by atoms with E-state index < -0.39 is 0 Å². The maximum Gasteiger partial charge on any atom is 0.253 e. The Bertz CT molecular complexity index is 387. The van der Waals surface area contributed by atoms with Crippen molar-refractivity contribution in [3.05, 3.63) is 33.4 Å². The van der Waals surface area contributed by atoms with Crippen molar-refractivity contribution in [3.8, 4) is 0 Å². The number of halogens is 1. The van der Waals surface area contributed by atoms with Crippen LogP contribution in [0.3, 0.4) is 0 Å². The van der Waals surface area contributed by atoms with Crippen LogP contribution in [0.15, 0.2) is 24.3 Å². The molecule has 1 aliphatic carbocycles. The average Bonchev–Trinajstić information content (AvgIpc) is 2.94. The molecule has 0 bridgehead atoms. The fourth-order valence-electron chi connectivity index (χ4n) is 1.90. The SMILES string of the molecule is CC1CC1CN(C)C(=O)c1ccc(I)cc1. The molecule has 1 amide bonds. The van der Waals surface area contributed by atoms with Crippen LogP contribution in [0.25, 0.3) is 0 Å². The van der Waals surface area contributed by atoms with Crippen LogP contribution >= 0.6 is 22.6 Å². The summed E-state index contributed by atoms with van der Waals surface area (Å²) in [6.07, 6.45) is 1.27. The molecule has 0 aromatic heterocycles. The Morgan fingerprint density at radius 3 is 2.50 bits per heavy atom. The van der Waals surface area contributed by atoms with Crippen molar-refractivity contribution in [3.63, 3.8) is 0 Å². The molecule has 0 heterocycles. The monoisotopic (exact) mass is 329 g/mol. The second-order valence-corrected chi connectivity index (χ2v) is 5.91. The molecular weight excluding hydrogens is 313 g/mol. The van der Waals surface area contributed by atoms with E-state index in [0.29, 0.717) is 0 Å². The van der Waals surface area contributed by atoms with Crippen molar-refractivity contribution in [2.45, 2.75) is 13.3 Å². The summed E-state index contributed by atoms with van der Waals surface area (Å²) >= 11 is 2.24. The third-order valence-electron chi connectivity index (χ3n) is 3.22. The quantitative estimate of drug-likeness (QED) is 0.781. The van der Waals surface area contributed by atoms with E-state index in [-0.39, 0.29) is 5.91 Å². The van der Waals surface area contributed by atoms with Gasteiger partial charge >= 0.3 is 0 Å². The van der Waals surface area contributed by atoms with Gasteiger partial charge in [0.15, 0.2) is 0 Å². The van der Waals surface area contributed by atoms with Gasteiger partial charge in [0.2, 0.25) is 0 Å². The van der Waals surface area contributed by atoms with Gasteiger partial charge in [-0.15, -0.1) is 0 Å². The fourth-order valence-corrected chi connectivity index (χ4v) is 2.26. The maximum atomic E-state index is 12.0. The number of rotatable bonds is 3. The first-order valence-corrected chi connectivity index (χ1v) is 6.67. The molecule has 1 aromatic carbocycles. The molecule has 2 unspecified atom stereocenters. The summed E-state index contributed by atoms with van der Waals surface area (Å²) in [7, 11) is 1.89.